The van der Waals surface area contributed by atoms with Crippen LogP contribution in [0.2, 0.25) is 5.02 Å². The molecular weight excluding hydrogens is 284 g/mol. The van der Waals surface area contributed by atoms with Gasteiger partial charge in [0, 0.05) is 17.0 Å². The average Bonchev–Trinajstić information content (AvgIpc) is 2.74. The predicted molar refractivity (Wildman–Crippen MR) is 75.9 cm³/mol. The maximum Gasteiger partial charge on any atom is 0.277 e. The van der Waals surface area contributed by atoms with Crippen LogP contribution in [0.15, 0.2) is 12.4 Å². The molecule has 0 bridgehead atoms. The molecule has 5 nitrogen and oxygen atoms in total. The minimum atomic E-state index is -0.372. The van der Waals surface area contributed by atoms with Crippen molar-refractivity contribution in [3.05, 3.63) is 33.8 Å². The summed E-state index contributed by atoms with van der Waals surface area (Å²) in [5.74, 6) is 0.347. The van der Waals surface area contributed by atoms with Crippen LogP contribution in [0.25, 0.3) is 0 Å². The fourth-order valence-corrected chi connectivity index (χ4v) is 2.22. The molecule has 0 unspecified atom stereocenters. The van der Waals surface area contributed by atoms with E-state index in [9.17, 15) is 4.79 Å². The number of nitrogens with zero attached hydrogens (tertiary/aromatic N) is 3. The Morgan fingerprint density at radius 1 is 1.37 bits per heavy atom. The van der Waals surface area contributed by atoms with E-state index in [0.29, 0.717) is 11.0 Å². The molecule has 100 valence electrons. The highest BCUT2D eigenvalue weighted by atomic mass is 35.5. The van der Waals surface area contributed by atoms with Crippen molar-refractivity contribution >= 4 is 34.0 Å². The molecule has 0 saturated carbocycles. The Morgan fingerprint density at radius 2 is 2.11 bits per heavy atom. The van der Waals surface area contributed by atoms with Crippen LogP contribution >= 0.6 is 22.9 Å². The number of rotatable bonds is 3. The van der Waals surface area contributed by atoms with E-state index in [1.165, 1.54) is 17.5 Å². The number of carbonyl (C=O) groups excluding carboxylic acids is 1. The largest absolute Gasteiger partial charge is 0.296 e. The second kappa shape index (κ2) is 5.63. The molecule has 0 saturated heterocycles. The SMILES string of the molecule is Cc1cnc(NC(=O)c2nc(C(C)C)ncc2Cl)s1. The molecule has 0 aromatic carbocycles. The Kier molecular flexibility index (Phi) is 4.11. The smallest absolute Gasteiger partial charge is 0.277 e. The molecule has 7 heteroatoms. The maximum atomic E-state index is 12.1. The summed E-state index contributed by atoms with van der Waals surface area (Å²) in [6.07, 6.45) is 3.15. The number of halogens is 1. The lowest BCUT2D eigenvalue weighted by Crippen LogP contribution is -2.16. The van der Waals surface area contributed by atoms with Crippen LogP contribution in [-0.4, -0.2) is 20.9 Å². The summed E-state index contributed by atoms with van der Waals surface area (Å²) in [5.41, 5.74) is 0.174. The highest BCUT2D eigenvalue weighted by molar-refractivity contribution is 7.15. The molecule has 2 aromatic rings. The van der Waals surface area contributed by atoms with Crippen molar-refractivity contribution in [2.24, 2.45) is 0 Å². The fourth-order valence-electron chi connectivity index (χ4n) is 1.39. The first-order valence-electron chi connectivity index (χ1n) is 5.73. The molecule has 0 fully saturated rings. The van der Waals surface area contributed by atoms with Crippen molar-refractivity contribution in [3.8, 4) is 0 Å². The third kappa shape index (κ3) is 3.27. The molecule has 0 aliphatic heterocycles. The third-order valence-corrected chi connectivity index (χ3v) is 3.44. The first-order chi connectivity index (χ1) is 8.97. The van der Waals surface area contributed by atoms with Crippen LogP contribution < -0.4 is 5.32 Å². The molecule has 0 atom stereocenters. The molecule has 2 heterocycles. The molecular formula is C12H13ClN4OS. The number of hydrogen-bond donors (Lipinski definition) is 1. The average molecular weight is 297 g/mol. The monoisotopic (exact) mass is 296 g/mol. The van der Waals surface area contributed by atoms with E-state index in [1.54, 1.807) is 6.20 Å². The van der Waals surface area contributed by atoms with Crippen LogP contribution in [0.1, 0.15) is 41.0 Å². The quantitative estimate of drug-likeness (QED) is 0.944. The van der Waals surface area contributed by atoms with Gasteiger partial charge in [0.1, 0.15) is 5.82 Å². The van der Waals surface area contributed by atoms with Gasteiger partial charge >= 0.3 is 0 Å². The van der Waals surface area contributed by atoms with Gasteiger partial charge in [0.25, 0.3) is 5.91 Å². The van der Waals surface area contributed by atoms with Gasteiger partial charge in [0.2, 0.25) is 0 Å². The summed E-state index contributed by atoms with van der Waals surface area (Å²) in [5, 5.41) is 3.44. The Bertz CT molecular complexity index is 612. The summed E-state index contributed by atoms with van der Waals surface area (Å²) in [6.45, 7) is 5.83. The zero-order chi connectivity index (χ0) is 14.0. The van der Waals surface area contributed by atoms with Crippen molar-refractivity contribution in [1.82, 2.24) is 15.0 Å². The van der Waals surface area contributed by atoms with Gasteiger partial charge in [-0.2, -0.15) is 0 Å². The first kappa shape index (κ1) is 13.9. The fraction of sp³-hybridized carbons (Fsp3) is 0.333. The Morgan fingerprint density at radius 3 is 2.68 bits per heavy atom. The van der Waals surface area contributed by atoms with Gasteiger partial charge in [-0.05, 0) is 6.92 Å². The summed E-state index contributed by atoms with van der Waals surface area (Å²) >= 11 is 7.36. The second-order valence-corrected chi connectivity index (χ2v) is 5.95. The number of nitrogens with one attached hydrogen (secondary N) is 1. The standard InChI is InChI=1S/C12H13ClN4OS/c1-6(2)10-14-5-8(13)9(16-10)11(18)17-12-15-4-7(3)19-12/h4-6H,1-3H3,(H,15,17,18). The molecule has 19 heavy (non-hydrogen) atoms. The van der Waals surface area contributed by atoms with E-state index in [1.807, 2.05) is 20.8 Å². The number of hydrogen-bond acceptors (Lipinski definition) is 5. The number of carbonyl (C=O) groups is 1. The van der Waals surface area contributed by atoms with Crippen LogP contribution in [0.4, 0.5) is 5.13 Å². The summed E-state index contributed by atoms with van der Waals surface area (Å²) in [7, 11) is 0. The zero-order valence-corrected chi connectivity index (χ0v) is 12.3. The molecule has 1 N–H and O–H groups in total. The van der Waals surface area contributed by atoms with Crippen LogP contribution in [0, 0.1) is 6.92 Å². The molecule has 1 amide bonds. The topological polar surface area (TPSA) is 67.8 Å². The number of thiazole rings is 1. The molecule has 0 aliphatic carbocycles. The zero-order valence-electron chi connectivity index (χ0n) is 10.8. The van der Waals surface area contributed by atoms with Gasteiger partial charge in [-0.15, -0.1) is 11.3 Å². The minimum absolute atomic E-state index is 0.130. The summed E-state index contributed by atoms with van der Waals surface area (Å²) < 4.78 is 0. The van der Waals surface area contributed by atoms with Crippen LogP contribution in [0.3, 0.4) is 0 Å². The van der Waals surface area contributed by atoms with Crippen molar-refractivity contribution in [2.75, 3.05) is 5.32 Å². The van der Waals surface area contributed by atoms with Gasteiger partial charge in [0.05, 0.1) is 11.2 Å². The maximum absolute atomic E-state index is 12.1. The Balaban J connectivity index is 2.25. The molecule has 2 rings (SSSR count). The summed E-state index contributed by atoms with van der Waals surface area (Å²) in [4.78, 5) is 25.5. The van der Waals surface area contributed by atoms with Crippen molar-refractivity contribution in [3.63, 3.8) is 0 Å². The molecule has 0 radical (unpaired) electrons. The normalized spacial score (nSPS) is 10.8. The Hall–Kier alpha value is -1.53. The number of aryl methyl sites for hydroxylation is 1. The van der Waals surface area contributed by atoms with Gasteiger partial charge < -0.3 is 0 Å². The van der Waals surface area contributed by atoms with Gasteiger partial charge in [-0.3, -0.25) is 10.1 Å². The van der Waals surface area contributed by atoms with E-state index >= 15 is 0 Å². The number of anilines is 1. The van der Waals surface area contributed by atoms with E-state index in [-0.39, 0.29) is 22.5 Å². The molecule has 2 aromatic heterocycles. The van der Waals surface area contributed by atoms with E-state index < -0.39 is 0 Å². The van der Waals surface area contributed by atoms with Crippen molar-refractivity contribution in [2.45, 2.75) is 26.7 Å². The number of aromatic nitrogens is 3. The summed E-state index contributed by atoms with van der Waals surface area (Å²) in [6, 6.07) is 0. The Labute approximate surface area is 120 Å². The van der Waals surface area contributed by atoms with Crippen LogP contribution in [-0.2, 0) is 0 Å². The predicted octanol–water partition coefficient (Wildman–Crippen LogP) is 3.27. The second-order valence-electron chi connectivity index (χ2n) is 4.31. The lowest BCUT2D eigenvalue weighted by Gasteiger charge is -2.07. The highest BCUT2D eigenvalue weighted by Crippen LogP contribution is 2.20. The van der Waals surface area contributed by atoms with E-state index in [2.05, 4.69) is 20.3 Å². The lowest BCUT2D eigenvalue weighted by atomic mass is 10.2. The highest BCUT2D eigenvalue weighted by Gasteiger charge is 2.16. The van der Waals surface area contributed by atoms with E-state index in [0.717, 1.165) is 4.88 Å². The van der Waals surface area contributed by atoms with Crippen molar-refractivity contribution in [1.29, 1.82) is 0 Å². The van der Waals surface area contributed by atoms with Gasteiger partial charge in [0.15, 0.2) is 10.8 Å². The van der Waals surface area contributed by atoms with Gasteiger partial charge in [-0.25, -0.2) is 15.0 Å². The first-order valence-corrected chi connectivity index (χ1v) is 6.93. The molecule has 0 aliphatic rings. The van der Waals surface area contributed by atoms with Crippen molar-refractivity contribution < 1.29 is 4.79 Å². The van der Waals surface area contributed by atoms with Crippen LogP contribution in [0.5, 0.6) is 0 Å². The lowest BCUT2D eigenvalue weighted by molar-refractivity contribution is 0.102. The van der Waals surface area contributed by atoms with E-state index in [4.69, 9.17) is 11.6 Å². The number of amides is 1. The third-order valence-electron chi connectivity index (χ3n) is 2.34. The minimum Gasteiger partial charge on any atom is -0.296 e. The van der Waals surface area contributed by atoms with Gasteiger partial charge in [-0.1, -0.05) is 25.4 Å². The molecule has 0 spiro atoms.